The number of hydrogen-bond donors (Lipinski definition) is 1. The van der Waals surface area contributed by atoms with Gasteiger partial charge < -0.3 is 10.1 Å². The Balaban J connectivity index is 1.44. The van der Waals surface area contributed by atoms with Crippen LogP contribution in [0.15, 0.2) is 59.4 Å². The van der Waals surface area contributed by atoms with Crippen molar-refractivity contribution in [2.75, 3.05) is 13.2 Å². The van der Waals surface area contributed by atoms with Crippen molar-refractivity contribution in [2.45, 2.75) is 19.6 Å². The van der Waals surface area contributed by atoms with E-state index in [2.05, 4.69) is 5.32 Å². The number of ether oxygens (including phenoxy) is 1. The summed E-state index contributed by atoms with van der Waals surface area (Å²) < 4.78 is 8.64. The summed E-state index contributed by atoms with van der Waals surface area (Å²) in [5.74, 6) is -0.175. The number of amides is 1. The number of para-hydroxylation sites is 2. The lowest BCUT2D eigenvalue weighted by molar-refractivity contribution is -0.121. The minimum atomic E-state index is -0.187. The van der Waals surface area contributed by atoms with Crippen molar-refractivity contribution in [1.82, 2.24) is 14.5 Å². The zero-order chi connectivity index (χ0) is 18.4. The zero-order valence-electron chi connectivity index (χ0n) is 14.9. The van der Waals surface area contributed by atoms with E-state index in [9.17, 15) is 9.59 Å². The van der Waals surface area contributed by atoms with Gasteiger partial charge in [-0.15, -0.1) is 0 Å². The lowest BCUT2D eigenvalue weighted by Crippen LogP contribution is -2.33. The first-order valence-electron chi connectivity index (χ1n) is 8.69. The van der Waals surface area contributed by atoms with Crippen LogP contribution in [0.3, 0.4) is 0 Å². The molecule has 1 N–H and O–H groups in total. The van der Waals surface area contributed by atoms with E-state index in [-0.39, 0.29) is 18.1 Å². The Hall–Kier alpha value is -2.86. The van der Waals surface area contributed by atoms with Crippen LogP contribution in [-0.2, 0) is 29.7 Å². The Morgan fingerprint density at radius 3 is 2.50 bits per heavy atom. The van der Waals surface area contributed by atoms with Crippen molar-refractivity contribution in [3.05, 3.63) is 70.6 Å². The molecule has 0 aliphatic rings. The molecule has 136 valence electrons. The Morgan fingerprint density at radius 1 is 1.04 bits per heavy atom. The number of nitrogens with one attached hydrogen (secondary N) is 1. The average Bonchev–Trinajstić information content (AvgIpc) is 2.91. The molecule has 0 atom stereocenters. The molecule has 0 bridgehead atoms. The van der Waals surface area contributed by atoms with Crippen LogP contribution >= 0.6 is 0 Å². The molecule has 3 aromatic rings. The number of fused-ring (bicyclic) bond motifs is 1. The molecule has 2 aromatic carbocycles. The van der Waals surface area contributed by atoms with Crippen LogP contribution in [0.1, 0.15) is 12.0 Å². The standard InChI is InChI=1S/C20H23N3O3/c1-22-17-10-5-6-11-18(17)23(20(22)25)14-19(24)21-12-7-13-26-15-16-8-3-2-4-9-16/h2-6,8-11H,7,12-15H2,1H3,(H,21,24). The number of hydrogen-bond acceptors (Lipinski definition) is 3. The molecule has 6 heteroatoms. The van der Waals surface area contributed by atoms with E-state index in [4.69, 9.17) is 4.74 Å². The molecule has 1 aromatic heterocycles. The number of carbonyl (C=O) groups is 1. The highest BCUT2D eigenvalue weighted by atomic mass is 16.5. The highest BCUT2D eigenvalue weighted by molar-refractivity contribution is 5.80. The monoisotopic (exact) mass is 353 g/mol. The van der Waals surface area contributed by atoms with Crippen LogP contribution in [-0.4, -0.2) is 28.2 Å². The molecule has 0 saturated heterocycles. The number of carbonyl (C=O) groups excluding carboxylic acids is 1. The molecule has 0 spiro atoms. The van der Waals surface area contributed by atoms with Crippen molar-refractivity contribution in [2.24, 2.45) is 7.05 Å². The van der Waals surface area contributed by atoms with Crippen LogP contribution in [0, 0.1) is 0 Å². The molecule has 0 aliphatic carbocycles. The highest BCUT2D eigenvalue weighted by Crippen LogP contribution is 2.11. The van der Waals surface area contributed by atoms with Crippen LogP contribution < -0.4 is 11.0 Å². The Bertz CT molecular complexity index is 928. The largest absolute Gasteiger partial charge is 0.377 e. The van der Waals surface area contributed by atoms with Gasteiger partial charge in [0.05, 0.1) is 17.6 Å². The average molecular weight is 353 g/mol. The van der Waals surface area contributed by atoms with Gasteiger partial charge in [0, 0.05) is 20.2 Å². The fourth-order valence-electron chi connectivity index (χ4n) is 2.88. The van der Waals surface area contributed by atoms with Crippen LogP contribution in [0.5, 0.6) is 0 Å². The summed E-state index contributed by atoms with van der Waals surface area (Å²) in [7, 11) is 1.71. The van der Waals surface area contributed by atoms with Gasteiger partial charge in [0.1, 0.15) is 6.54 Å². The van der Waals surface area contributed by atoms with Crippen LogP contribution in [0.25, 0.3) is 11.0 Å². The van der Waals surface area contributed by atoms with Gasteiger partial charge >= 0.3 is 5.69 Å². The van der Waals surface area contributed by atoms with Gasteiger partial charge in [0.2, 0.25) is 5.91 Å². The number of benzene rings is 2. The third-order valence-corrected chi connectivity index (χ3v) is 4.25. The summed E-state index contributed by atoms with van der Waals surface area (Å²) in [5, 5.41) is 2.84. The summed E-state index contributed by atoms with van der Waals surface area (Å²) in [6.45, 7) is 1.68. The van der Waals surface area contributed by atoms with Gasteiger partial charge in [0.15, 0.2) is 0 Å². The molecule has 0 radical (unpaired) electrons. The van der Waals surface area contributed by atoms with Crippen LogP contribution in [0.4, 0.5) is 0 Å². The minimum absolute atomic E-state index is 0.0189. The highest BCUT2D eigenvalue weighted by Gasteiger charge is 2.12. The first kappa shape index (κ1) is 17.9. The molecule has 0 fully saturated rings. The molecule has 1 heterocycles. The lowest BCUT2D eigenvalue weighted by atomic mass is 10.2. The Kier molecular flexibility index (Phi) is 5.86. The van der Waals surface area contributed by atoms with Gasteiger partial charge in [-0.05, 0) is 24.1 Å². The first-order valence-corrected chi connectivity index (χ1v) is 8.69. The smallest absolute Gasteiger partial charge is 0.329 e. The molecule has 26 heavy (non-hydrogen) atoms. The molecule has 3 rings (SSSR count). The minimum Gasteiger partial charge on any atom is -0.377 e. The Labute approximate surface area is 152 Å². The van der Waals surface area contributed by atoms with Crippen molar-refractivity contribution < 1.29 is 9.53 Å². The van der Waals surface area contributed by atoms with Gasteiger partial charge in [-0.3, -0.25) is 13.9 Å². The molecule has 0 unspecified atom stereocenters. The fourth-order valence-corrected chi connectivity index (χ4v) is 2.88. The third kappa shape index (κ3) is 4.21. The molecule has 6 nitrogen and oxygen atoms in total. The van der Waals surface area contributed by atoms with Crippen molar-refractivity contribution in [3.63, 3.8) is 0 Å². The summed E-state index contributed by atoms with van der Waals surface area (Å²) >= 11 is 0. The lowest BCUT2D eigenvalue weighted by Gasteiger charge is -2.07. The predicted molar refractivity (Wildman–Crippen MR) is 101 cm³/mol. The van der Waals surface area contributed by atoms with E-state index in [1.54, 1.807) is 11.6 Å². The van der Waals surface area contributed by atoms with Gasteiger partial charge in [-0.2, -0.15) is 0 Å². The predicted octanol–water partition coefficient (Wildman–Crippen LogP) is 2.06. The first-order chi connectivity index (χ1) is 12.7. The quantitative estimate of drug-likeness (QED) is 0.631. The molecule has 0 aliphatic heterocycles. The van der Waals surface area contributed by atoms with E-state index in [1.165, 1.54) is 4.57 Å². The summed E-state index contributed by atoms with van der Waals surface area (Å²) in [5.41, 5.74) is 2.53. The van der Waals surface area contributed by atoms with E-state index in [0.717, 1.165) is 23.0 Å². The van der Waals surface area contributed by atoms with Crippen molar-refractivity contribution >= 4 is 16.9 Å². The Morgan fingerprint density at radius 2 is 1.73 bits per heavy atom. The maximum atomic E-state index is 12.3. The van der Waals surface area contributed by atoms with E-state index < -0.39 is 0 Å². The van der Waals surface area contributed by atoms with E-state index in [1.807, 2.05) is 54.6 Å². The fraction of sp³-hybridized carbons (Fsp3) is 0.300. The topological polar surface area (TPSA) is 65.3 Å². The third-order valence-electron chi connectivity index (χ3n) is 4.25. The SMILES string of the molecule is Cn1c(=O)n(CC(=O)NCCCOCc2ccccc2)c2ccccc21. The van der Waals surface area contributed by atoms with Gasteiger partial charge in [0.25, 0.3) is 0 Å². The van der Waals surface area contributed by atoms with Gasteiger partial charge in [-0.1, -0.05) is 42.5 Å². The number of rotatable bonds is 8. The van der Waals surface area contributed by atoms with E-state index in [0.29, 0.717) is 19.8 Å². The summed E-state index contributed by atoms with van der Waals surface area (Å²) in [4.78, 5) is 24.5. The second-order valence-electron chi connectivity index (χ2n) is 6.16. The van der Waals surface area contributed by atoms with Crippen LogP contribution in [0.2, 0.25) is 0 Å². The second-order valence-corrected chi connectivity index (χ2v) is 6.16. The maximum absolute atomic E-state index is 12.3. The number of nitrogens with zero attached hydrogens (tertiary/aromatic N) is 2. The molecule has 1 amide bonds. The number of aromatic nitrogens is 2. The normalized spacial score (nSPS) is 11.0. The molecule has 0 saturated carbocycles. The molecular formula is C20H23N3O3. The van der Waals surface area contributed by atoms with Crippen molar-refractivity contribution in [1.29, 1.82) is 0 Å². The summed E-state index contributed by atoms with van der Waals surface area (Å²) in [6.07, 6.45) is 0.725. The van der Waals surface area contributed by atoms with E-state index >= 15 is 0 Å². The number of aryl methyl sites for hydroxylation is 1. The van der Waals surface area contributed by atoms with Gasteiger partial charge in [-0.25, -0.2) is 4.79 Å². The molecular weight excluding hydrogens is 330 g/mol. The second kappa shape index (κ2) is 8.49. The zero-order valence-corrected chi connectivity index (χ0v) is 14.9. The summed E-state index contributed by atoms with van der Waals surface area (Å²) in [6, 6.07) is 17.4. The number of imidazole rings is 1. The maximum Gasteiger partial charge on any atom is 0.329 e. The van der Waals surface area contributed by atoms with Crippen molar-refractivity contribution in [3.8, 4) is 0 Å².